The summed E-state index contributed by atoms with van der Waals surface area (Å²) in [5.41, 5.74) is -0.581. The van der Waals surface area contributed by atoms with Gasteiger partial charge < -0.3 is 0 Å². The van der Waals surface area contributed by atoms with Crippen molar-refractivity contribution in [2.45, 2.75) is 6.18 Å². The SMILES string of the molecule is O=c1ccn2nc(C(F)(F)F)sc2n1. The number of alkyl halides is 3. The molecule has 0 fully saturated rings. The Morgan fingerprint density at radius 3 is 2.79 bits per heavy atom. The van der Waals surface area contributed by atoms with Gasteiger partial charge in [0.2, 0.25) is 9.97 Å². The van der Waals surface area contributed by atoms with E-state index in [0.29, 0.717) is 11.3 Å². The molecule has 8 heteroatoms. The number of rotatable bonds is 0. The van der Waals surface area contributed by atoms with E-state index in [1.807, 2.05) is 0 Å². The Labute approximate surface area is 78.6 Å². The van der Waals surface area contributed by atoms with Gasteiger partial charge >= 0.3 is 6.18 Å². The molecule has 0 unspecified atom stereocenters. The summed E-state index contributed by atoms with van der Waals surface area (Å²) >= 11 is 0.334. The van der Waals surface area contributed by atoms with E-state index in [0.717, 1.165) is 16.8 Å². The number of aromatic nitrogens is 3. The van der Waals surface area contributed by atoms with Gasteiger partial charge in [0, 0.05) is 12.3 Å². The molecule has 0 aliphatic rings. The first-order valence-corrected chi connectivity index (χ1v) is 4.22. The van der Waals surface area contributed by atoms with E-state index in [1.54, 1.807) is 0 Å². The second kappa shape index (κ2) is 2.77. The lowest BCUT2D eigenvalue weighted by atomic mass is 10.7. The van der Waals surface area contributed by atoms with Crippen LogP contribution in [0.5, 0.6) is 0 Å². The zero-order valence-corrected chi connectivity index (χ0v) is 7.26. The first-order chi connectivity index (χ1) is 6.47. The number of fused-ring (bicyclic) bond motifs is 1. The van der Waals surface area contributed by atoms with Crippen LogP contribution in [0.4, 0.5) is 13.2 Å². The molecule has 14 heavy (non-hydrogen) atoms. The first-order valence-electron chi connectivity index (χ1n) is 3.40. The highest BCUT2D eigenvalue weighted by Gasteiger charge is 2.35. The Morgan fingerprint density at radius 2 is 2.14 bits per heavy atom. The average Bonchev–Trinajstić information content (AvgIpc) is 2.45. The van der Waals surface area contributed by atoms with E-state index >= 15 is 0 Å². The largest absolute Gasteiger partial charge is 0.445 e. The highest BCUT2D eigenvalue weighted by molar-refractivity contribution is 7.16. The van der Waals surface area contributed by atoms with Crippen molar-refractivity contribution in [1.82, 2.24) is 14.6 Å². The smallest absolute Gasteiger partial charge is 0.267 e. The topological polar surface area (TPSA) is 47.3 Å². The van der Waals surface area contributed by atoms with Crippen LogP contribution in [0.25, 0.3) is 4.96 Å². The predicted molar refractivity (Wildman–Crippen MR) is 42.1 cm³/mol. The van der Waals surface area contributed by atoms with Crippen molar-refractivity contribution < 1.29 is 13.2 Å². The Balaban J connectivity index is 2.69. The van der Waals surface area contributed by atoms with Gasteiger partial charge in [-0.3, -0.25) is 4.79 Å². The molecule has 0 spiro atoms. The molecule has 0 bridgehead atoms. The second-order valence-corrected chi connectivity index (χ2v) is 3.35. The first kappa shape index (κ1) is 9.13. The number of hydrogen-bond acceptors (Lipinski definition) is 4. The molecule has 0 saturated carbocycles. The van der Waals surface area contributed by atoms with Crippen LogP contribution in [-0.4, -0.2) is 14.6 Å². The van der Waals surface area contributed by atoms with Crippen LogP contribution < -0.4 is 5.56 Å². The lowest BCUT2D eigenvalue weighted by Crippen LogP contribution is -2.06. The molecule has 4 nitrogen and oxygen atoms in total. The maximum atomic E-state index is 12.2. The van der Waals surface area contributed by atoms with Gasteiger partial charge in [-0.2, -0.15) is 23.3 Å². The number of nitrogens with zero attached hydrogens (tertiary/aromatic N) is 3. The van der Waals surface area contributed by atoms with Crippen LogP contribution in [0, 0.1) is 0 Å². The highest BCUT2D eigenvalue weighted by Crippen LogP contribution is 2.31. The quantitative estimate of drug-likeness (QED) is 0.670. The molecule has 0 N–H and O–H groups in total. The molecule has 0 amide bonds. The minimum atomic E-state index is -4.50. The Hall–Kier alpha value is -1.44. The summed E-state index contributed by atoms with van der Waals surface area (Å²) in [6.07, 6.45) is -3.35. The molecule has 0 saturated heterocycles. The predicted octanol–water partition coefficient (Wildman–Crippen LogP) is 1.17. The molecule has 0 atom stereocenters. The summed E-state index contributed by atoms with van der Waals surface area (Å²) in [6.45, 7) is 0. The van der Waals surface area contributed by atoms with E-state index < -0.39 is 16.7 Å². The van der Waals surface area contributed by atoms with Crippen LogP contribution >= 0.6 is 11.3 Å². The third-order valence-corrected chi connectivity index (χ3v) is 2.36. The van der Waals surface area contributed by atoms with Crippen molar-refractivity contribution >= 4 is 16.3 Å². The molecule has 0 aliphatic heterocycles. The molecular weight excluding hydrogens is 219 g/mol. The van der Waals surface area contributed by atoms with E-state index in [1.165, 1.54) is 0 Å². The molecule has 0 aliphatic carbocycles. The Morgan fingerprint density at radius 1 is 1.43 bits per heavy atom. The third kappa shape index (κ3) is 1.48. The van der Waals surface area contributed by atoms with Gasteiger partial charge in [0.05, 0.1) is 0 Å². The lowest BCUT2D eigenvalue weighted by molar-refractivity contribution is -0.138. The average molecular weight is 221 g/mol. The number of halogens is 3. The monoisotopic (exact) mass is 221 g/mol. The molecule has 2 rings (SSSR count). The van der Waals surface area contributed by atoms with Gasteiger partial charge in [0.25, 0.3) is 5.56 Å². The fraction of sp³-hybridized carbons (Fsp3) is 0.167. The summed E-state index contributed by atoms with van der Waals surface area (Å²) in [6, 6.07) is 1.05. The van der Waals surface area contributed by atoms with Gasteiger partial charge in [-0.15, -0.1) is 0 Å². The maximum absolute atomic E-state index is 12.2. The lowest BCUT2D eigenvalue weighted by Gasteiger charge is -1.97. The Bertz CT molecular complexity index is 529. The zero-order valence-electron chi connectivity index (χ0n) is 6.45. The van der Waals surface area contributed by atoms with Gasteiger partial charge in [-0.1, -0.05) is 11.3 Å². The summed E-state index contributed by atoms with van der Waals surface area (Å²) in [5.74, 6) is 0. The Kier molecular flexibility index (Phi) is 1.81. The standard InChI is InChI=1S/C6H2F3N3OS/c7-6(8,9)4-11-12-2-1-3(13)10-5(12)14-4/h1-2H. The number of hydrogen-bond donors (Lipinski definition) is 0. The molecule has 74 valence electrons. The molecule has 0 aromatic carbocycles. The summed E-state index contributed by atoms with van der Waals surface area (Å²) in [5, 5.41) is 2.22. The van der Waals surface area contributed by atoms with Crippen molar-refractivity contribution in [1.29, 1.82) is 0 Å². The summed E-state index contributed by atoms with van der Waals surface area (Å²) in [4.78, 5) is 14.0. The van der Waals surface area contributed by atoms with E-state index in [4.69, 9.17) is 0 Å². The van der Waals surface area contributed by atoms with Crippen LogP contribution in [0.15, 0.2) is 17.1 Å². The molecule has 2 aromatic rings. The van der Waals surface area contributed by atoms with Crippen LogP contribution in [0.2, 0.25) is 0 Å². The highest BCUT2D eigenvalue weighted by atomic mass is 32.1. The maximum Gasteiger partial charge on any atom is 0.445 e. The zero-order chi connectivity index (χ0) is 10.3. The van der Waals surface area contributed by atoms with Crippen LogP contribution in [0.3, 0.4) is 0 Å². The minimum Gasteiger partial charge on any atom is -0.267 e. The minimum absolute atomic E-state index is 0.0650. The molecule has 0 radical (unpaired) electrons. The second-order valence-electron chi connectivity index (χ2n) is 2.40. The van der Waals surface area contributed by atoms with Gasteiger partial charge in [0.15, 0.2) is 0 Å². The van der Waals surface area contributed by atoms with Crippen molar-refractivity contribution in [2.24, 2.45) is 0 Å². The third-order valence-electron chi connectivity index (χ3n) is 1.39. The van der Waals surface area contributed by atoms with Crippen molar-refractivity contribution in [3.8, 4) is 0 Å². The van der Waals surface area contributed by atoms with Crippen molar-refractivity contribution in [3.05, 3.63) is 27.6 Å². The van der Waals surface area contributed by atoms with E-state index in [-0.39, 0.29) is 4.96 Å². The van der Waals surface area contributed by atoms with E-state index in [2.05, 4.69) is 10.1 Å². The molecule has 2 heterocycles. The summed E-state index contributed by atoms with van der Waals surface area (Å²) in [7, 11) is 0. The van der Waals surface area contributed by atoms with Gasteiger partial charge in [0.1, 0.15) is 0 Å². The van der Waals surface area contributed by atoms with Crippen LogP contribution in [0.1, 0.15) is 5.01 Å². The van der Waals surface area contributed by atoms with Gasteiger partial charge in [-0.25, -0.2) is 4.52 Å². The van der Waals surface area contributed by atoms with Crippen molar-refractivity contribution in [3.63, 3.8) is 0 Å². The van der Waals surface area contributed by atoms with E-state index in [9.17, 15) is 18.0 Å². The molecular formula is C6H2F3N3OS. The normalized spacial score (nSPS) is 12.2. The molecule has 2 aromatic heterocycles. The van der Waals surface area contributed by atoms with Crippen LogP contribution in [-0.2, 0) is 6.18 Å². The fourth-order valence-corrected chi connectivity index (χ4v) is 1.59. The van der Waals surface area contributed by atoms with Gasteiger partial charge in [-0.05, 0) is 0 Å². The van der Waals surface area contributed by atoms with Crippen molar-refractivity contribution in [2.75, 3.05) is 0 Å². The summed E-state index contributed by atoms with van der Waals surface area (Å²) < 4.78 is 37.4. The fourth-order valence-electron chi connectivity index (χ4n) is 0.846.